The maximum Gasteiger partial charge on any atom is 0.312 e. The van der Waals surface area contributed by atoms with Crippen LogP contribution in [0.3, 0.4) is 0 Å². The summed E-state index contributed by atoms with van der Waals surface area (Å²) in [5, 5.41) is 0. The number of morpholine rings is 1. The van der Waals surface area contributed by atoms with Gasteiger partial charge in [0, 0.05) is 26.1 Å². The SMILES string of the molecule is O=C1OC(CN2CCOCC2)CC12CCN(CCCc1ccccc1)CC2. The maximum atomic E-state index is 12.6. The van der Waals surface area contributed by atoms with Gasteiger partial charge in [-0.2, -0.15) is 0 Å². The third-order valence-electron chi connectivity index (χ3n) is 6.49. The Labute approximate surface area is 162 Å². The second kappa shape index (κ2) is 8.72. The molecule has 5 heteroatoms. The number of carbonyl (C=O) groups is 1. The standard InChI is InChI=1S/C22H32N2O3/c25-21-22(17-20(27-21)18-24-13-15-26-16-14-24)8-11-23(12-9-22)10-4-7-19-5-2-1-3-6-19/h1-3,5-6,20H,4,7-18H2. The quantitative estimate of drug-likeness (QED) is 0.717. The third kappa shape index (κ3) is 4.71. The Morgan fingerprint density at radius 1 is 1.00 bits per heavy atom. The van der Waals surface area contributed by atoms with Crippen LogP contribution in [0.1, 0.15) is 31.2 Å². The van der Waals surface area contributed by atoms with Crippen LogP contribution >= 0.6 is 0 Å². The van der Waals surface area contributed by atoms with Gasteiger partial charge < -0.3 is 14.4 Å². The molecule has 0 bridgehead atoms. The minimum absolute atomic E-state index is 0.0599. The molecule has 3 aliphatic rings. The first-order valence-electron chi connectivity index (χ1n) is 10.5. The van der Waals surface area contributed by atoms with Crippen LogP contribution in [0.5, 0.6) is 0 Å². The topological polar surface area (TPSA) is 42.0 Å². The van der Waals surface area contributed by atoms with E-state index < -0.39 is 0 Å². The molecule has 0 N–H and O–H groups in total. The fraction of sp³-hybridized carbons (Fsp3) is 0.682. The molecule has 148 valence electrons. The molecule has 27 heavy (non-hydrogen) atoms. The molecule has 0 aromatic heterocycles. The van der Waals surface area contributed by atoms with Gasteiger partial charge in [-0.3, -0.25) is 9.69 Å². The monoisotopic (exact) mass is 372 g/mol. The van der Waals surface area contributed by atoms with Crippen molar-refractivity contribution in [3.63, 3.8) is 0 Å². The third-order valence-corrected chi connectivity index (χ3v) is 6.49. The second-order valence-corrected chi connectivity index (χ2v) is 8.36. The Hall–Kier alpha value is -1.43. The van der Waals surface area contributed by atoms with Gasteiger partial charge in [-0.05, 0) is 50.9 Å². The number of hydrogen-bond acceptors (Lipinski definition) is 5. The van der Waals surface area contributed by atoms with Crippen LogP contribution in [-0.4, -0.2) is 74.4 Å². The van der Waals surface area contributed by atoms with E-state index in [1.165, 1.54) is 12.0 Å². The smallest absolute Gasteiger partial charge is 0.312 e. The van der Waals surface area contributed by atoms with Gasteiger partial charge in [0.1, 0.15) is 6.10 Å². The molecule has 5 nitrogen and oxygen atoms in total. The summed E-state index contributed by atoms with van der Waals surface area (Å²) in [5.41, 5.74) is 1.20. The minimum Gasteiger partial charge on any atom is -0.461 e. The average Bonchev–Trinajstić information content (AvgIpc) is 3.00. The highest BCUT2D eigenvalue weighted by molar-refractivity contribution is 5.79. The Kier molecular flexibility index (Phi) is 6.11. The molecule has 1 spiro atoms. The van der Waals surface area contributed by atoms with Crippen molar-refractivity contribution in [2.45, 2.75) is 38.2 Å². The van der Waals surface area contributed by atoms with Gasteiger partial charge in [-0.1, -0.05) is 30.3 Å². The van der Waals surface area contributed by atoms with Crippen LogP contribution < -0.4 is 0 Å². The van der Waals surface area contributed by atoms with Gasteiger partial charge in [0.2, 0.25) is 0 Å². The zero-order chi connectivity index (χ0) is 18.5. The van der Waals surface area contributed by atoms with Crippen molar-refractivity contribution in [2.75, 3.05) is 52.5 Å². The molecule has 3 heterocycles. The minimum atomic E-state index is -0.215. The Balaban J connectivity index is 1.21. The number of ether oxygens (including phenoxy) is 2. The molecule has 3 fully saturated rings. The molecule has 1 unspecified atom stereocenters. The fourth-order valence-electron chi connectivity index (χ4n) is 4.78. The molecule has 0 amide bonds. The number of cyclic esters (lactones) is 1. The van der Waals surface area contributed by atoms with E-state index in [4.69, 9.17) is 9.47 Å². The van der Waals surface area contributed by atoms with Crippen molar-refractivity contribution >= 4 is 5.97 Å². The van der Waals surface area contributed by atoms with E-state index in [0.29, 0.717) is 0 Å². The Morgan fingerprint density at radius 3 is 2.48 bits per heavy atom. The molecule has 0 radical (unpaired) electrons. The van der Waals surface area contributed by atoms with Crippen molar-refractivity contribution in [3.05, 3.63) is 35.9 Å². The van der Waals surface area contributed by atoms with Gasteiger partial charge in [-0.15, -0.1) is 0 Å². The molecule has 4 rings (SSSR count). The largest absolute Gasteiger partial charge is 0.461 e. The van der Waals surface area contributed by atoms with E-state index in [1.54, 1.807) is 0 Å². The fourth-order valence-corrected chi connectivity index (χ4v) is 4.78. The van der Waals surface area contributed by atoms with Crippen LogP contribution in [0, 0.1) is 5.41 Å². The van der Waals surface area contributed by atoms with Gasteiger partial charge in [0.15, 0.2) is 0 Å². The highest BCUT2D eigenvalue weighted by Crippen LogP contribution is 2.43. The molecule has 1 atom stereocenters. The summed E-state index contributed by atoms with van der Waals surface area (Å²) in [6.45, 7) is 7.54. The van der Waals surface area contributed by atoms with E-state index in [0.717, 1.165) is 78.2 Å². The summed E-state index contributed by atoms with van der Waals surface area (Å²) >= 11 is 0. The Bertz CT molecular complexity index is 607. The lowest BCUT2D eigenvalue weighted by molar-refractivity contribution is -0.151. The van der Waals surface area contributed by atoms with Gasteiger partial charge in [0.05, 0.1) is 18.6 Å². The van der Waals surface area contributed by atoms with Crippen LogP contribution in [0.15, 0.2) is 30.3 Å². The van der Waals surface area contributed by atoms with E-state index in [1.807, 2.05) is 0 Å². The first kappa shape index (κ1) is 18.9. The number of carbonyl (C=O) groups excluding carboxylic acids is 1. The lowest BCUT2D eigenvalue weighted by Gasteiger charge is -2.36. The number of rotatable bonds is 6. The summed E-state index contributed by atoms with van der Waals surface area (Å²) in [7, 11) is 0. The summed E-state index contributed by atoms with van der Waals surface area (Å²) in [5.74, 6) is 0.0599. The molecule has 0 aliphatic carbocycles. The maximum absolute atomic E-state index is 12.6. The van der Waals surface area contributed by atoms with Crippen molar-refractivity contribution < 1.29 is 14.3 Å². The first-order valence-corrected chi connectivity index (χ1v) is 10.5. The van der Waals surface area contributed by atoms with Gasteiger partial charge >= 0.3 is 5.97 Å². The average molecular weight is 373 g/mol. The number of nitrogens with zero attached hydrogens (tertiary/aromatic N) is 2. The summed E-state index contributed by atoms with van der Waals surface area (Å²) in [6, 6.07) is 10.7. The number of likely N-dealkylation sites (tertiary alicyclic amines) is 1. The number of esters is 1. The van der Waals surface area contributed by atoms with Crippen molar-refractivity contribution in [2.24, 2.45) is 5.41 Å². The second-order valence-electron chi connectivity index (χ2n) is 8.36. The lowest BCUT2D eigenvalue weighted by atomic mass is 9.76. The molecule has 1 aromatic carbocycles. The number of piperidine rings is 1. The van der Waals surface area contributed by atoms with E-state index >= 15 is 0 Å². The van der Waals surface area contributed by atoms with Crippen LogP contribution in [0.2, 0.25) is 0 Å². The van der Waals surface area contributed by atoms with Crippen molar-refractivity contribution in [1.29, 1.82) is 0 Å². The van der Waals surface area contributed by atoms with Crippen LogP contribution in [-0.2, 0) is 20.7 Å². The highest BCUT2D eigenvalue weighted by Gasteiger charge is 2.50. The van der Waals surface area contributed by atoms with Crippen LogP contribution in [0.25, 0.3) is 0 Å². The normalized spacial score (nSPS) is 26.4. The molecule has 1 aromatic rings. The van der Waals surface area contributed by atoms with Crippen LogP contribution in [0.4, 0.5) is 0 Å². The molecule has 0 saturated carbocycles. The molecule has 3 aliphatic heterocycles. The van der Waals surface area contributed by atoms with E-state index in [-0.39, 0.29) is 17.5 Å². The predicted octanol–water partition coefficient (Wildman–Crippen LogP) is 2.35. The lowest BCUT2D eigenvalue weighted by Crippen LogP contribution is -2.43. The molecule has 3 saturated heterocycles. The first-order chi connectivity index (χ1) is 13.2. The van der Waals surface area contributed by atoms with E-state index in [9.17, 15) is 4.79 Å². The predicted molar refractivity (Wildman–Crippen MR) is 105 cm³/mol. The summed E-state index contributed by atoms with van der Waals surface area (Å²) in [6.07, 6.45) is 5.20. The van der Waals surface area contributed by atoms with Crippen molar-refractivity contribution in [1.82, 2.24) is 9.80 Å². The van der Waals surface area contributed by atoms with E-state index in [2.05, 4.69) is 40.1 Å². The molecular weight excluding hydrogens is 340 g/mol. The zero-order valence-corrected chi connectivity index (χ0v) is 16.3. The van der Waals surface area contributed by atoms with Crippen molar-refractivity contribution in [3.8, 4) is 0 Å². The number of benzene rings is 1. The highest BCUT2D eigenvalue weighted by atomic mass is 16.6. The van der Waals surface area contributed by atoms with Gasteiger partial charge in [-0.25, -0.2) is 0 Å². The summed E-state index contributed by atoms with van der Waals surface area (Å²) in [4.78, 5) is 17.5. The zero-order valence-electron chi connectivity index (χ0n) is 16.3. The van der Waals surface area contributed by atoms with Gasteiger partial charge in [0.25, 0.3) is 0 Å². The Morgan fingerprint density at radius 2 is 1.74 bits per heavy atom. The number of aryl methyl sites for hydroxylation is 1. The number of hydrogen-bond donors (Lipinski definition) is 0. The summed E-state index contributed by atoms with van der Waals surface area (Å²) < 4.78 is 11.2. The molecular formula is C22H32N2O3.